The summed E-state index contributed by atoms with van der Waals surface area (Å²) in [5.74, 6) is 0. The van der Waals surface area contributed by atoms with E-state index < -0.39 is 11.7 Å². The molecular weight excluding hydrogens is 203 g/mol. The van der Waals surface area contributed by atoms with E-state index in [1.54, 1.807) is 6.92 Å². The van der Waals surface area contributed by atoms with Crippen LogP contribution in [0.25, 0.3) is 0 Å². The molecule has 0 amide bonds. The molecule has 0 heterocycles. The summed E-state index contributed by atoms with van der Waals surface area (Å²) in [5, 5.41) is 8.46. The lowest BCUT2D eigenvalue weighted by atomic mass is 10.1. The topological polar surface area (TPSA) is 23.8 Å². The number of halogens is 3. The Hall–Kier alpha value is -1.50. The van der Waals surface area contributed by atoms with E-state index in [9.17, 15) is 13.2 Å². The first-order chi connectivity index (χ1) is 6.95. The van der Waals surface area contributed by atoms with E-state index in [-0.39, 0.29) is 5.56 Å². The number of nitrogens with zero attached hydrogens (tertiary/aromatic N) is 1. The molecule has 82 valence electrons. The van der Waals surface area contributed by atoms with E-state index in [2.05, 4.69) is 0 Å². The van der Waals surface area contributed by atoms with Crippen LogP contribution >= 0.6 is 0 Å². The van der Waals surface area contributed by atoms with Crippen LogP contribution in [0.4, 0.5) is 13.2 Å². The van der Waals surface area contributed by atoms with Gasteiger partial charge in [-0.2, -0.15) is 18.4 Å². The van der Waals surface area contributed by atoms with Gasteiger partial charge in [-0.15, -0.1) is 0 Å². The van der Waals surface area contributed by atoms with Crippen LogP contribution in [-0.2, 0) is 6.18 Å². The molecule has 0 saturated carbocycles. The van der Waals surface area contributed by atoms with Gasteiger partial charge in [-0.1, -0.05) is 19.9 Å². The van der Waals surface area contributed by atoms with Crippen LogP contribution in [0.15, 0.2) is 18.2 Å². The maximum atomic E-state index is 12.2. The van der Waals surface area contributed by atoms with Crippen molar-refractivity contribution in [1.82, 2.24) is 0 Å². The average molecular weight is 215 g/mol. The highest BCUT2D eigenvalue weighted by Gasteiger charge is 2.33. The lowest BCUT2D eigenvalue weighted by Gasteiger charge is -2.08. The van der Waals surface area contributed by atoms with Crippen LogP contribution in [0.2, 0.25) is 0 Å². The van der Waals surface area contributed by atoms with Crippen LogP contribution in [-0.4, -0.2) is 0 Å². The van der Waals surface area contributed by atoms with E-state index >= 15 is 0 Å². The molecule has 0 radical (unpaired) electrons. The summed E-state index contributed by atoms with van der Waals surface area (Å²) >= 11 is 0. The van der Waals surface area contributed by atoms with Gasteiger partial charge in [0.15, 0.2) is 0 Å². The number of rotatable bonds is 0. The molecule has 0 spiro atoms. The highest BCUT2D eigenvalue weighted by Crippen LogP contribution is 2.31. The summed E-state index contributed by atoms with van der Waals surface area (Å²) in [6, 6.07) is 5.01. The first kappa shape index (κ1) is 13.5. The molecule has 0 atom stereocenters. The van der Waals surface area contributed by atoms with Crippen molar-refractivity contribution in [1.29, 1.82) is 5.26 Å². The summed E-state index contributed by atoms with van der Waals surface area (Å²) in [5.41, 5.74) is -0.558. The smallest absolute Gasteiger partial charge is 0.192 e. The second kappa shape index (κ2) is 5.40. The van der Waals surface area contributed by atoms with Gasteiger partial charge >= 0.3 is 6.18 Å². The summed E-state index contributed by atoms with van der Waals surface area (Å²) < 4.78 is 36.6. The molecular formula is C11H12F3N. The molecule has 0 unspecified atom stereocenters. The number of hydrogen-bond donors (Lipinski definition) is 0. The SMILES string of the molecule is CC.Cc1ccc(C(F)(F)F)c(C#N)c1. The highest BCUT2D eigenvalue weighted by molar-refractivity contribution is 5.41. The fraction of sp³-hybridized carbons (Fsp3) is 0.364. The number of benzene rings is 1. The van der Waals surface area contributed by atoms with Crippen LogP contribution in [0, 0.1) is 18.3 Å². The van der Waals surface area contributed by atoms with Gasteiger partial charge in [0, 0.05) is 0 Å². The molecule has 0 aromatic heterocycles. The maximum Gasteiger partial charge on any atom is 0.417 e. The molecule has 0 aliphatic rings. The standard InChI is InChI=1S/C9H6F3N.C2H6/c1-6-2-3-8(9(10,11)12)7(4-6)5-13;1-2/h2-4H,1H3;1-2H3. The second-order valence-corrected chi connectivity index (χ2v) is 2.66. The maximum absolute atomic E-state index is 12.2. The zero-order chi connectivity index (χ0) is 12.1. The van der Waals surface area contributed by atoms with Crippen molar-refractivity contribution >= 4 is 0 Å². The predicted octanol–water partition coefficient (Wildman–Crippen LogP) is 3.91. The monoisotopic (exact) mass is 215 g/mol. The van der Waals surface area contributed by atoms with Crippen molar-refractivity contribution in [3.63, 3.8) is 0 Å². The Morgan fingerprint density at radius 1 is 1.20 bits per heavy atom. The Bertz CT molecular complexity index is 361. The second-order valence-electron chi connectivity index (χ2n) is 2.66. The highest BCUT2D eigenvalue weighted by atomic mass is 19.4. The van der Waals surface area contributed by atoms with Crippen molar-refractivity contribution in [2.24, 2.45) is 0 Å². The zero-order valence-electron chi connectivity index (χ0n) is 8.81. The van der Waals surface area contributed by atoms with E-state index in [1.165, 1.54) is 18.2 Å². The Balaban J connectivity index is 0.000000921. The van der Waals surface area contributed by atoms with Gasteiger partial charge in [-0.25, -0.2) is 0 Å². The lowest BCUT2D eigenvalue weighted by Crippen LogP contribution is -2.07. The Kier molecular flexibility index (Phi) is 4.86. The number of aryl methyl sites for hydroxylation is 1. The summed E-state index contributed by atoms with van der Waals surface area (Å²) in [4.78, 5) is 0. The van der Waals surface area contributed by atoms with E-state index in [1.807, 2.05) is 13.8 Å². The third kappa shape index (κ3) is 3.62. The van der Waals surface area contributed by atoms with Crippen LogP contribution < -0.4 is 0 Å². The number of hydrogen-bond acceptors (Lipinski definition) is 1. The number of nitriles is 1. The van der Waals surface area contributed by atoms with E-state index in [4.69, 9.17) is 5.26 Å². The molecule has 0 aliphatic heterocycles. The van der Waals surface area contributed by atoms with Gasteiger partial charge in [0.05, 0.1) is 17.2 Å². The molecule has 15 heavy (non-hydrogen) atoms. The third-order valence-electron chi connectivity index (χ3n) is 1.60. The van der Waals surface area contributed by atoms with Crippen molar-refractivity contribution in [3.8, 4) is 6.07 Å². The lowest BCUT2D eigenvalue weighted by molar-refractivity contribution is -0.137. The molecule has 0 fully saturated rings. The van der Waals surface area contributed by atoms with Crippen molar-refractivity contribution < 1.29 is 13.2 Å². The van der Waals surface area contributed by atoms with E-state index in [0.29, 0.717) is 5.56 Å². The Labute approximate surface area is 87.2 Å². The van der Waals surface area contributed by atoms with Gasteiger partial charge in [-0.3, -0.25) is 0 Å². The van der Waals surface area contributed by atoms with Gasteiger partial charge in [0.2, 0.25) is 0 Å². The normalized spacial score (nSPS) is 9.93. The van der Waals surface area contributed by atoms with Gasteiger partial charge in [-0.05, 0) is 24.6 Å². The first-order valence-corrected chi connectivity index (χ1v) is 4.53. The molecule has 0 aliphatic carbocycles. The summed E-state index contributed by atoms with van der Waals surface area (Å²) in [6.07, 6.45) is -4.45. The molecule has 1 rings (SSSR count). The molecule has 1 nitrogen and oxygen atoms in total. The Morgan fingerprint density at radius 3 is 2.13 bits per heavy atom. The minimum absolute atomic E-state index is 0.326. The minimum Gasteiger partial charge on any atom is -0.192 e. The van der Waals surface area contributed by atoms with Gasteiger partial charge in [0.1, 0.15) is 0 Å². The zero-order valence-corrected chi connectivity index (χ0v) is 8.81. The fourth-order valence-corrected chi connectivity index (χ4v) is 0.998. The first-order valence-electron chi connectivity index (χ1n) is 4.53. The minimum atomic E-state index is -4.45. The quantitative estimate of drug-likeness (QED) is 0.643. The van der Waals surface area contributed by atoms with Crippen molar-refractivity contribution in [3.05, 3.63) is 34.9 Å². The molecule has 1 aromatic rings. The van der Waals surface area contributed by atoms with Gasteiger partial charge in [0.25, 0.3) is 0 Å². The van der Waals surface area contributed by atoms with Crippen LogP contribution in [0.1, 0.15) is 30.5 Å². The summed E-state index contributed by atoms with van der Waals surface area (Å²) in [7, 11) is 0. The molecule has 0 saturated heterocycles. The summed E-state index contributed by atoms with van der Waals surface area (Å²) in [6.45, 7) is 5.64. The molecule has 0 N–H and O–H groups in total. The molecule has 1 aromatic carbocycles. The Morgan fingerprint density at radius 2 is 1.73 bits per heavy atom. The van der Waals surface area contributed by atoms with Crippen molar-refractivity contribution in [2.75, 3.05) is 0 Å². The van der Waals surface area contributed by atoms with Crippen LogP contribution in [0.5, 0.6) is 0 Å². The van der Waals surface area contributed by atoms with E-state index in [0.717, 1.165) is 6.07 Å². The van der Waals surface area contributed by atoms with Crippen LogP contribution in [0.3, 0.4) is 0 Å². The molecule has 0 bridgehead atoms. The third-order valence-corrected chi connectivity index (χ3v) is 1.60. The fourth-order valence-electron chi connectivity index (χ4n) is 0.998. The largest absolute Gasteiger partial charge is 0.417 e. The average Bonchev–Trinajstić information content (AvgIpc) is 2.18. The predicted molar refractivity (Wildman–Crippen MR) is 52.2 cm³/mol. The number of alkyl halides is 3. The van der Waals surface area contributed by atoms with Crippen molar-refractivity contribution in [2.45, 2.75) is 26.9 Å². The molecule has 4 heteroatoms. The van der Waals surface area contributed by atoms with Gasteiger partial charge < -0.3 is 0 Å².